The van der Waals surface area contributed by atoms with Crippen molar-refractivity contribution in [2.75, 3.05) is 0 Å². The Bertz CT molecular complexity index is 3780. The molecule has 0 N–H and O–H groups in total. The van der Waals surface area contributed by atoms with E-state index in [4.69, 9.17) is 9.72 Å². The van der Waals surface area contributed by atoms with Gasteiger partial charge in [0, 0.05) is 44.3 Å². The van der Waals surface area contributed by atoms with Crippen LogP contribution in [0.5, 0.6) is 11.5 Å². The van der Waals surface area contributed by atoms with E-state index in [1.54, 1.807) is 0 Å². The quantitative estimate of drug-likeness (QED) is 0.107. The molecular formula is C67H60N4OPt-2. The van der Waals surface area contributed by atoms with Crippen LogP contribution in [-0.4, -0.2) is 14.1 Å². The van der Waals surface area contributed by atoms with Gasteiger partial charge in [-0.25, -0.2) is 4.98 Å². The Morgan fingerprint density at radius 3 is 1.86 bits per heavy atom. The molecule has 0 unspecified atom stereocenters. The topological polar surface area (TPSA) is 35.9 Å². The van der Waals surface area contributed by atoms with E-state index in [-0.39, 0.29) is 37.3 Å². The van der Waals surface area contributed by atoms with E-state index < -0.39 is 0 Å². The fraction of sp³-hybridized carbons (Fsp3) is 0.194. The van der Waals surface area contributed by atoms with Gasteiger partial charge in [-0.3, -0.25) is 4.57 Å². The van der Waals surface area contributed by atoms with Gasteiger partial charge in [-0.15, -0.1) is 29.7 Å². The Labute approximate surface area is 445 Å². The van der Waals surface area contributed by atoms with Crippen LogP contribution in [-0.2, 0) is 38.3 Å². The van der Waals surface area contributed by atoms with Crippen LogP contribution in [0.4, 0.5) is 0 Å². The third-order valence-corrected chi connectivity index (χ3v) is 13.6. The number of imidazole rings is 1. The van der Waals surface area contributed by atoms with E-state index in [1.807, 2.05) is 24.4 Å². The van der Waals surface area contributed by atoms with Crippen molar-refractivity contribution < 1.29 is 30.4 Å². The summed E-state index contributed by atoms with van der Waals surface area (Å²) in [4.78, 5) is 4.90. The predicted molar refractivity (Wildman–Crippen MR) is 297 cm³/mol. The van der Waals surface area contributed by atoms with Crippen molar-refractivity contribution in [3.05, 3.63) is 223 Å². The summed E-state index contributed by atoms with van der Waals surface area (Å²) >= 11 is 0. The molecule has 3 heterocycles. The van der Waals surface area contributed by atoms with Crippen molar-refractivity contribution in [2.24, 2.45) is 5.41 Å². The standard InChI is InChI=1S/C67H60N4O.Pt/c1-65(2,3)43-45-34-35-68-63(36-45)71-59-29-17-16-26-57(59)58-32-31-54(42-61(58)71)72-53-25-18-24-52(41-53)69-44-70(60-33-30-48(39-62(60)69)46-20-12-10-13-21-46)64-55(47-22-14-11-15-23-47)27-19-28-56(64)49-37-50(66(4,5)6)40-51(38-49)67(7,8)9;/h10-40H,43H2,1-9H3;/q-2;. The molecule has 0 aliphatic heterocycles. The van der Waals surface area contributed by atoms with Crippen LogP contribution in [0.25, 0.3) is 83.4 Å². The predicted octanol–water partition coefficient (Wildman–Crippen LogP) is 16.8. The van der Waals surface area contributed by atoms with Crippen LogP contribution < -0.4 is 9.30 Å². The van der Waals surface area contributed by atoms with Crippen LogP contribution in [0.1, 0.15) is 79.0 Å². The number of benzene rings is 8. The maximum atomic E-state index is 6.77. The summed E-state index contributed by atoms with van der Waals surface area (Å²) in [6.45, 7) is 20.6. The van der Waals surface area contributed by atoms with E-state index >= 15 is 0 Å². The van der Waals surface area contributed by atoms with Crippen molar-refractivity contribution in [3.63, 3.8) is 0 Å². The largest absolute Gasteiger partial charge is 0.510 e. The second kappa shape index (κ2) is 19.3. The van der Waals surface area contributed by atoms with E-state index in [2.05, 4.69) is 258 Å². The van der Waals surface area contributed by atoms with Crippen molar-refractivity contribution in [2.45, 2.75) is 79.6 Å². The number of hydrogen-bond acceptors (Lipinski definition) is 2. The van der Waals surface area contributed by atoms with Gasteiger partial charge < -0.3 is 13.9 Å². The van der Waals surface area contributed by atoms with Gasteiger partial charge >= 0.3 is 0 Å². The summed E-state index contributed by atoms with van der Waals surface area (Å²) in [5.74, 6) is 2.01. The van der Waals surface area contributed by atoms with Crippen LogP contribution in [0.3, 0.4) is 0 Å². The number of aromatic nitrogens is 4. The molecular weight excluding hydrogens is 1070 g/mol. The molecule has 73 heavy (non-hydrogen) atoms. The Kier molecular flexibility index (Phi) is 13.0. The van der Waals surface area contributed by atoms with Gasteiger partial charge in [-0.1, -0.05) is 195 Å². The van der Waals surface area contributed by atoms with Crippen LogP contribution in [0.2, 0.25) is 0 Å². The Balaban J connectivity index is 0.00000611. The van der Waals surface area contributed by atoms with Crippen molar-refractivity contribution >= 4 is 32.8 Å². The van der Waals surface area contributed by atoms with Crippen LogP contribution in [0.15, 0.2) is 188 Å². The zero-order valence-electron chi connectivity index (χ0n) is 43.1. The van der Waals surface area contributed by atoms with Gasteiger partial charge in [0.05, 0.1) is 16.7 Å². The fourth-order valence-electron chi connectivity index (χ4n) is 10.0. The maximum absolute atomic E-state index is 6.77. The van der Waals surface area contributed by atoms with Crippen LogP contribution in [0, 0.1) is 23.9 Å². The summed E-state index contributed by atoms with van der Waals surface area (Å²) in [5, 5.41) is 2.22. The second-order valence-corrected chi connectivity index (χ2v) is 22.4. The molecule has 0 radical (unpaired) electrons. The molecule has 11 aromatic rings. The molecule has 0 fully saturated rings. The first-order valence-electron chi connectivity index (χ1n) is 25.1. The van der Waals surface area contributed by atoms with Crippen molar-refractivity contribution in [1.29, 1.82) is 0 Å². The molecule has 0 aliphatic carbocycles. The van der Waals surface area contributed by atoms with Gasteiger partial charge in [0.1, 0.15) is 5.82 Å². The first-order valence-corrected chi connectivity index (χ1v) is 25.1. The fourth-order valence-corrected chi connectivity index (χ4v) is 10.0. The normalized spacial score (nSPS) is 12.1. The summed E-state index contributed by atoms with van der Waals surface area (Å²) in [6.07, 6.45) is 6.77. The average molecular weight is 1130 g/mol. The van der Waals surface area contributed by atoms with Gasteiger partial charge in [0.25, 0.3) is 6.33 Å². The average Bonchev–Trinajstić information content (AvgIpc) is 3.91. The minimum absolute atomic E-state index is 0. The monoisotopic (exact) mass is 1130 g/mol. The zero-order chi connectivity index (χ0) is 49.9. The molecule has 0 saturated carbocycles. The van der Waals surface area contributed by atoms with E-state index in [0.717, 1.165) is 84.3 Å². The third kappa shape index (κ3) is 9.84. The smallest absolute Gasteiger partial charge is 0.268 e. The van der Waals surface area contributed by atoms with Crippen molar-refractivity contribution in [1.82, 2.24) is 14.1 Å². The molecule has 6 heteroatoms. The van der Waals surface area contributed by atoms with Gasteiger partial charge in [0.15, 0.2) is 0 Å². The number of hydrogen-bond donors (Lipinski definition) is 0. The molecule has 3 aromatic heterocycles. The SMILES string of the molecule is CC(C)(C)Cc1ccnc(-n2c3[c-]c(Oc4[c-]c(-n5[c-][n+](-c6c(-c7ccccc7)cccc6-c6cc(C(C)(C)C)cc(C(C)(C)C)c6)c6ccc(-c7ccccc7)cc65)ccc4)ccc3c3ccccc32)c1.[Pt]. The number of nitrogens with zero attached hydrogens (tertiary/aromatic N) is 4. The second-order valence-electron chi connectivity index (χ2n) is 22.4. The van der Waals surface area contributed by atoms with E-state index in [9.17, 15) is 0 Å². The number of pyridine rings is 1. The summed E-state index contributed by atoms with van der Waals surface area (Å²) in [7, 11) is 0. The summed E-state index contributed by atoms with van der Waals surface area (Å²) in [6, 6.07) is 72.2. The van der Waals surface area contributed by atoms with Crippen molar-refractivity contribution in [3.8, 4) is 62.1 Å². The Hall–Kier alpha value is -7.33. The van der Waals surface area contributed by atoms with E-state index in [0.29, 0.717) is 11.5 Å². The number of para-hydroxylation sites is 2. The van der Waals surface area contributed by atoms with Gasteiger partial charge in [-0.05, 0) is 108 Å². The first-order chi connectivity index (χ1) is 34.6. The number of fused-ring (bicyclic) bond motifs is 4. The maximum Gasteiger partial charge on any atom is 0.268 e. The molecule has 11 rings (SSSR count). The Morgan fingerprint density at radius 2 is 1.16 bits per heavy atom. The molecule has 5 nitrogen and oxygen atoms in total. The molecule has 0 saturated heterocycles. The minimum Gasteiger partial charge on any atom is -0.510 e. The molecule has 0 spiro atoms. The Morgan fingerprint density at radius 1 is 0.521 bits per heavy atom. The summed E-state index contributed by atoms with van der Waals surface area (Å²) < 4.78 is 13.4. The molecule has 0 amide bonds. The molecule has 0 bridgehead atoms. The molecule has 0 atom stereocenters. The van der Waals surface area contributed by atoms with E-state index in [1.165, 1.54) is 22.3 Å². The molecule has 8 aromatic carbocycles. The number of rotatable bonds is 9. The minimum atomic E-state index is -0.0592. The van der Waals surface area contributed by atoms with Gasteiger partial charge in [0.2, 0.25) is 0 Å². The summed E-state index contributed by atoms with van der Waals surface area (Å²) in [5.41, 5.74) is 16.5. The third-order valence-electron chi connectivity index (χ3n) is 13.6. The zero-order valence-corrected chi connectivity index (χ0v) is 45.4. The molecule has 366 valence electrons. The number of ether oxygens (including phenoxy) is 1. The van der Waals surface area contributed by atoms with Gasteiger partial charge in [-0.2, -0.15) is 18.2 Å². The van der Waals surface area contributed by atoms with Crippen LogP contribution >= 0.6 is 0 Å². The molecule has 0 aliphatic rings. The first kappa shape index (κ1) is 49.3.